The smallest absolute Gasteiger partial charge is 0.234 e. The Morgan fingerprint density at radius 3 is 3.07 bits per heavy atom. The van der Waals surface area contributed by atoms with Crippen molar-refractivity contribution in [3.05, 3.63) is 33.4 Å². The zero-order valence-electron chi connectivity index (χ0n) is 8.37. The number of amides is 1. The van der Waals surface area contributed by atoms with Crippen LogP contribution in [0.15, 0.2) is 24.3 Å². The van der Waals surface area contributed by atoms with Crippen LogP contribution in [0.1, 0.15) is 5.56 Å². The molecule has 2 rings (SSSR count). The number of hydrogen-bond acceptors (Lipinski definition) is 2. The van der Waals surface area contributed by atoms with Crippen molar-refractivity contribution in [1.82, 2.24) is 10.2 Å². The van der Waals surface area contributed by atoms with E-state index in [2.05, 4.69) is 57.1 Å². The van der Waals surface area contributed by atoms with Gasteiger partial charge in [-0.1, -0.05) is 12.1 Å². The molecule has 0 unspecified atom stereocenters. The SMILES string of the molecule is O=C1CN(Cc2cccc(I)c2)CCN1. The fraction of sp³-hybridized carbons (Fsp3) is 0.364. The van der Waals surface area contributed by atoms with Gasteiger partial charge in [0.25, 0.3) is 0 Å². The van der Waals surface area contributed by atoms with Crippen LogP contribution < -0.4 is 5.32 Å². The van der Waals surface area contributed by atoms with Gasteiger partial charge in [0.2, 0.25) is 5.91 Å². The minimum Gasteiger partial charge on any atom is -0.354 e. The van der Waals surface area contributed by atoms with Crippen LogP contribution in [-0.4, -0.2) is 30.4 Å². The van der Waals surface area contributed by atoms with E-state index in [1.54, 1.807) is 0 Å². The standard InChI is InChI=1S/C11H13IN2O/c12-10-3-1-2-9(6-10)7-14-5-4-13-11(15)8-14/h1-3,6H,4-5,7-8H2,(H,13,15). The van der Waals surface area contributed by atoms with Crippen molar-refractivity contribution < 1.29 is 4.79 Å². The molecular weight excluding hydrogens is 303 g/mol. The Hall–Kier alpha value is -0.620. The number of benzene rings is 1. The first kappa shape index (κ1) is 10.9. The van der Waals surface area contributed by atoms with Crippen molar-refractivity contribution in [2.24, 2.45) is 0 Å². The molecule has 1 fully saturated rings. The van der Waals surface area contributed by atoms with Crippen LogP contribution in [0.2, 0.25) is 0 Å². The monoisotopic (exact) mass is 316 g/mol. The number of piperazine rings is 1. The summed E-state index contributed by atoms with van der Waals surface area (Å²) < 4.78 is 1.24. The molecule has 0 atom stereocenters. The van der Waals surface area contributed by atoms with E-state index in [0.717, 1.165) is 19.6 Å². The molecule has 1 aliphatic rings. The maximum absolute atomic E-state index is 11.2. The van der Waals surface area contributed by atoms with Gasteiger partial charge in [-0.05, 0) is 40.3 Å². The third kappa shape index (κ3) is 3.17. The van der Waals surface area contributed by atoms with E-state index in [0.29, 0.717) is 6.54 Å². The molecule has 1 aliphatic heterocycles. The molecule has 4 heteroatoms. The molecule has 1 amide bonds. The minimum absolute atomic E-state index is 0.131. The predicted octanol–water partition coefficient (Wildman–Crippen LogP) is 1.22. The van der Waals surface area contributed by atoms with Gasteiger partial charge in [-0.25, -0.2) is 0 Å². The molecular formula is C11H13IN2O. The second-order valence-electron chi connectivity index (χ2n) is 3.69. The maximum Gasteiger partial charge on any atom is 0.234 e. The first-order valence-electron chi connectivity index (χ1n) is 4.97. The Labute approximate surface area is 103 Å². The third-order valence-corrected chi connectivity index (χ3v) is 3.08. The highest BCUT2D eigenvalue weighted by molar-refractivity contribution is 14.1. The first-order chi connectivity index (χ1) is 7.24. The van der Waals surface area contributed by atoms with Crippen LogP contribution in [0.5, 0.6) is 0 Å². The van der Waals surface area contributed by atoms with Gasteiger partial charge < -0.3 is 5.32 Å². The van der Waals surface area contributed by atoms with Gasteiger partial charge in [0.05, 0.1) is 6.54 Å². The minimum atomic E-state index is 0.131. The van der Waals surface area contributed by atoms with Crippen LogP contribution in [0.3, 0.4) is 0 Å². The summed E-state index contributed by atoms with van der Waals surface area (Å²) in [4.78, 5) is 13.3. The van der Waals surface area contributed by atoms with E-state index in [1.807, 2.05) is 0 Å². The zero-order chi connectivity index (χ0) is 10.7. The predicted molar refractivity (Wildman–Crippen MR) is 67.4 cm³/mol. The molecule has 0 radical (unpaired) electrons. The quantitative estimate of drug-likeness (QED) is 0.832. The van der Waals surface area contributed by atoms with Crippen LogP contribution in [0.25, 0.3) is 0 Å². The Bertz CT molecular complexity index is 367. The fourth-order valence-corrected chi connectivity index (χ4v) is 2.33. The molecule has 15 heavy (non-hydrogen) atoms. The lowest BCUT2D eigenvalue weighted by molar-refractivity contribution is -0.124. The largest absolute Gasteiger partial charge is 0.354 e. The van der Waals surface area contributed by atoms with Gasteiger partial charge in [-0.15, -0.1) is 0 Å². The lowest BCUT2D eigenvalue weighted by atomic mass is 10.2. The maximum atomic E-state index is 11.2. The normalized spacial score (nSPS) is 17.5. The van der Waals surface area contributed by atoms with E-state index >= 15 is 0 Å². The molecule has 80 valence electrons. The Balaban J connectivity index is 1.99. The summed E-state index contributed by atoms with van der Waals surface area (Å²) in [5.41, 5.74) is 1.27. The summed E-state index contributed by atoms with van der Waals surface area (Å²) in [6.07, 6.45) is 0. The zero-order valence-corrected chi connectivity index (χ0v) is 10.5. The number of carbonyl (C=O) groups is 1. The lowest BCUT2D eigenvalue weighted by Gasteiger charge is -2.26. The summed E-state index contributed by atoms with van der Waals surface area (Å²) in [6, 6.07) is 8.40. The number of rotatable bonds is 2. The molecule has 1 N–H and O–H groups in total. The van der Waals surface area contributed by atoms with Crippen molar-refractivity contribution >= 4 is 28.5 Å². The van der Waals surface area contributed by atoms with Crippen molar-refractivity contribution in [2.75, 3.05) is 19.6 Å². The highest BCUT2D eigenvalue weighted by Gasteiger charge is 2.15. The van der Waals surface area contributed by atoms with Crippen LogP contribution in [-0.2, 0) is 11.3 Å². The second kappa shape index (κ2) is 4.94. The molecule has 1 saturated heterocycles. The molecule has 0 spiro atoms. The number of nitrogens with zero attached hydrogens (tertiary/aromatic N) is 1. The van der Waals surface area contributed by atoms with Gasteiger partial charge in [0.1, 0.15) is 0 Å². The van der Waals surface area contributed by atoms with Crippen LogP contribution >= 0.6 is 22.6 Å². The van der Waals surface area contributed by atoms with Crippen LogP contribution in [0, 0.1) is 3.57 Å². The van der Waals surface area contributed by atoms with Crippen molar-refractivity contribution in [3.63, 3.8) is 0 Å². The average Bonchev–Trinajstić information content (AvgIpc) is 2.17. The molecule has 0 bridgehead atoms. The Morgan fingerprint density at radius 2 is 2.33 bits per heavy atom. The molecule has 1 heterocycles. The molecule has 0 aromatic heterocycles. The second-order valence-corrected chi connectivity index (χ2v) is 4.94. The lowest BCUT2D eigenvalue weighted by Crippen LogP contribution is -2.47. The van der Waals surface area contributed by atoms with E-state index < -0.39 is 0 Å². The van der Waals surface area contributed by atoms with E-state index in [4.69, 9.17) is 0 Å². The van der Waals surface area contributed by atoms with E-state index in [9.17, 15) is 4.79 Å². The van der Waals surface area contributed by atoms with Crippen LogP contribution in [0.4, 0.5) is 0 Å². The summed E-state index contributed by atoms with van der Waals surface area (Å²) in [6.45, 7) is 3.09. The third-order valence-electron chi connectivity index (χ3n) is 2.41. The van der Waals surface area contributed by atoms with Gasteiger partial charge in [-0.2, -0.15) is 0 Å². The molecule has 3 nitrogen and oxygen atoms in total. The molecule has 1 aromatic carbocycles. The summed E-state index contributed by atoms with van der Waals surface area (Å²) in [7, 11) is 0. The number of hydrogen-bond donors (Lipinski definition) is 1. The highest BCUT2D eigenvalue weighted by Crippen LogP contribution is 2.10. The van der Waals surface area contributed by atoms with E-state index in [-0.39, 0.29) is 5.91 Å². The molecule has 0 saturated carbocycles. The Kier molecular flexibility index (Phi) is 3.58. The topological polar surface area (TPSA) is 32.3 Å². The average molecular weight is 316 g/mol. The summed E-state index contributed by atoms with van der Waals surface area (Å²) in [5, 5.41) is 2.83. The molecule has 0 aliphatic carbocycles. The number of carbonyl (C=O) groups excluding carboxylic acids is 1. The molecule has 1 aromatic rings. The summed E-state index contributed by atoms with van der Waals surface area (Å²) >= 11 is 2.31. The highest BCUT2D eigenvalue weighted by atomic mass is 127. The van der Waals surface area contributed by atoms with Crippen molar-refractivity contribution in [2.45, 2.75) is 6.54 Å². The number of halogens is 1. The van der Waals surface area contributed by atoms with Crippen molar-refractivity contribution in [1.29, 1.82) is 0 Å². The summed E-state index contributed by atoms with van der Waals surface area (Å²) in [5.74, 6) is 0.131. The van der Waals surface area contributed by atoms with Gasteiger partial charge in [0.15, 0.2) is 0 Å². The van der Waals surface area contributed by atoms with Gasteiger partial charge in [0, 0.05) is 23.2 Å². The van der Waals surface area contributed by atoms with Gasteiger partial charge in [-0.3, -0.25) is 9.69 Å². The van der Waals surface area contributed by atoms with E-state index in [1.165, 1.54) is 9.13 Å². The van der Waals surface area contributed by atoms with Crippen molar-refractivity contribution in [3.8, 4) is 0 Å². The Morgan fingerprint density at radius 1 is 1.47 bits per heavy atom. The first-order valence-corrected chi connectivity index (χ1v) is 6.05. The fourth-order valence-electron chi connectivity index (χ4n) is 1.72. The van der Waals surface area contributed by atoms with Gasteiger partial charge >= 0.3 is 0 Å². The number of nitrogens with one attached hydrogen (secondary N) is 1.